The van der Waals surface area contributed by atoms with Crippen LogP contribution in [0.1, 0.15) is 37.4 Å². The maximum absolute atomic E-state index is 9.09. The Kier molecular flexibility index (Phi) is 7.52. The summed E-state index contributed by atoms with van der Waals surface area (Å²) in [6.45, 7) is 4.71. The van der Waals surface area contributed by atoms with Crippen molar-refractivity contribution in [2.75, 3.05) is 13.2 Å². The molecule has 0 saturated heterocycles. The average Bonchev–Trinajstić information content (AvgIpc) is 3.35. The van der Waals surface area contributed by atoms with E-state index in [0.29, 0.717) is 18.3 Å². The summed E-state index contributed by atoms with van der Waals surface area (Å²) >= 11 is 3.55. The molecule has 3 aromatic rings. The zero-order chi connectivity index (χ0) is 20.4. The van der Waals surface area contributed by atoms with Crippen molar-refractivity contribution in [3.63, 3.8) is 0 Å². The first kappa shape index (κ1) is 22.7. The lowest BCUT2D eigenvalue weighted by Gasteiger charge is -2.13. The maximum atomic E-state index is 9.09. The summed E-state index contributed by atoms with van der Waals surface area (Å²) < 4.78 is 12.2. The van der Waals surface area contributed by atoms with Gasteiger partial charge in [0.05, 0.1) is 17.2 Å². The normalized spacial score (nSPS) is 15.2. The van der Waals surface area contributed by atoms with Crippen LogP contribution in [-0.4, -0.2) is 34.5 Å². The van der Waals surface area contributed by atoms with E-state index in [2.05, 4.69) is 37.5 Å². The molecule has 8 heteroatoms. The predicted molar refractivity (Wildman–Crippen MR) is 122 cm³/mol. The molecule has 2 aromatic carbocycles. The van der Waals surface area contributed by atoms with Gasteiger partial charge < -0.3 is 19.7 Å². The van der Waals surface area contributed by atoms with E-state index in [0.717, 1.165) is 34.2 Å². The van der Waals surface area contributed by atoms with Gasteiger partial charge in [0.15, 0.2) is 0 Å². The van der Waals surface area contributed by atoms with Gasteiger partial charge >= 0.3 is 0 Å². The number of aliphatic hydroxyl groups excluding tert-OH is 1. The Bertz CT molecular complexity index is 1010. The second-order valence-electron chi connectivity index (χ2n) is 7.38. The molecule has 1 heterocycles. The molecular formula is C22H25BrClN3O3. The Balaban J connectivity index is 0.00000256. The predicted octanol–water partition coefficient (Wildman–Crippen LogP) is 4.94. The third kappa shape index (κ3) is 4.70. The minimum Gasteiger partial charge on any atom is -0.490 e. The van der Waals surface area contributed by atoms with Crippen LogP contribution in [0.15, 0.2) is 45.4 Å². The zero-order valence-electron chi connectivity index (χ0n) is 16.9. The molecule has 30 heavy (non-hydrogen) atoms. The van der Waals surface area contributed by atoms with Crippen LogP contribution in [0.3, 0.4) is 0 Å². The van der Waals surface area contributed by atoms with E-state index in [4.69, 9.17) is 14.4 Å². The number of nitrogens with zero attached hydrogens (tertiary/aromatic N) is 2. The first-order valence-corrected chi connectivity index (χ1v) is 10.6. The molecule has 0 fully saturated rings. The van der Waals surface area contributed by atoms with Crippen LogP contribution in [0, 0.1) is 0 Å². The van der Waals surface area contributed by atoms with Gasteiger partial charge in [0.2, 0.25) is 5.82 Å². The van der Waals surface area contributed by atoms with Gasteiger partial charge in [-0.1, -0.05) is 23.4 Å². The van der Waals surface area contributed by atoms with Crippen molar-refractivity contribution in [3.05, 3.63) is 52.0 Å². The highest BCUT2D eigenvalue weighted by Crippen LogP contribution is 2.37. The van der Waals surface area contributed by atoms with E-state index < -0.39 is 0 Å². The van der Waals surface area contributed by atoms with Crippen molar-refractivity contribution in [2.45, 2.75) is 38.8 Å². The number of rotatable bonds is 7. The van der Waals surface area contributed by atoms with E-state index >= 15 is 0 Å². The van der Waals surface area contributed by atoms with E-state index in [1.165, 1.54) is 11.1 Å². The molecule has 0 saturated carbocycles. The Labute approximate surface area is 190 Å². The molecule has 0 bridgehead atoms. The molecule has 6 nitrogen and oxygen atoms in total. The van der Waals surface area contributed by atoms with Gasteiger partial charge in [0.1, 0.15) is 5.75 Å². The van der Waals surface area contributed by atoms with Crippen LogP contribution in [-0.2, 0) is 6.42 Å². The highest BCUT2D eigenvalue weighted by atomic mass is 79.9. The number of halogens is 2. The number of benzene rings is 2. The van der Waals surface area contributed by atoms with Crippen molar-refractivity contribution in [1.82, 2.24) is 15.5 Å². The van der Waals surface area contributed by atoms with E-state index in [9.17, 15) is 0 Å². The van der Waals surface area contributed by atoms with Gasteiger partial charge in [-0.2, -0.15) is 4.98 Å². The fourth-order valence-corrected chi connectivity index (χ4v) is 4.22. The minimum atomic E-state index is 0. The highest BCUT2D eigenvalue weighted by molar-refractivity contribution is 9.10. The fraction of sp³-hybridized carbons (Fsp3) is 0.364. The third-order valence-electron chi connectivity index (χ3n) is 4.98. The first-order valence-electron chi connectivity index (χ1n) is 9.83. The molecule has 1 atom stereocenters. The number of aliphatic hydroxyl groups is 1. The van der Waals surface area contributed by atoms with Crippen molar-refractivity contribution in [1.29, 1.82) is 0 Å². The van der Waals surface area contributed by atoms with Gasteiger partial charge in [-0.15, -0.1) is 12.4 Å². The Morgan fingerprint density at radius 1 is 1.30 bits per heavy atom. The molecule has 160 valence electrons. The van der Waals surface area contributed by atoms with Crippen LogP contribution in [0.5, 0.6) is 5.75 Å². The van der Waals surface area contributed by atoms with E-state index in [1.807, 2.05) is 44.2 Å². The lowest BCUT2D eigenvalue weighted by molar-refractivity contribution is 0.241. The molecule has 1 aliphatic rings. The summed E-state index contributed by atoms with van der Waals surface area (Å²) in [5.41, 5.74) is 4.34. The summed E-state index contributed by atoms with van der Waals surface area (Å²) in [4.78, 5) is 4.65. The molecule has 4 rings (SSSR count). The van der Waals surface area contributed by atoms with Crippen molar-refractivity contribution >= 4 is 28.3 Å². The van der Waals surface area contributed by atoms with Crippen LogP contribution in [0.25, 0.3) is 22.8 Å². The Hall–Kier alpha value is -1.93. The Morgan fingerprint density at radius 3 is 2.87 bits per heavy atom. The lowest BCUT2D eigenvalue weighted by atomic mass is 10.0. The largest absolute Gasteiger partial charge is 0.490 e. The topological polar surface area (TPSA) is 80.4 Å². The fourth-order valence-electron chi connectivity index (χ4n) is 3.75. The van der Waals surface area contributed by atoms with Crippen molar-refractivity contribution in [2.24, 2.45) is 0 Å². The molecule has 0 unspecified atom stereocenters. The van der Waals surface area contributed by atoms with E-state index in [1.54, 1.807) is 0 Å². The number of fused-ring (bicyclic) bond motifs is 1. The quantitative estimate of drug-likeness (QED) is 0.484. The molecular weight excluding hydrogens is 470 g/mol. The number of ether oxygens (including phenoxy) is 1. The first-order chi connectivity index (χ1) is 14.1. The van der Waals surface area contributed by atoms with Crippen molar-refractivity contribution < 1.29 is 14.4 Å². The maximum Gasteiger partial charge on any atom is 0.258 e. The highest BCUT2D eigenvalue weighted by Gasteiger charge is 2.26. The summed E-state index contributed by atoms with van der Waals surface area (Å²) in [7, 11) is 0. The molecule has 0 spiro atoms. The molecule has 0 aliphatic heterocycles. The monoisotopic (exact) mass is 493 g/mol. The molecule has 1 aliphatic carbocycles. The Morgan fingerprint density at radius 2 is 2.13 bits per heavy atom. The molecule has 0 radical (unpaired) electrons. The van der Waals surface area contributed by atoms with Crippen molar-refractivity contribution in [3.8, 4) is 28.6 Å². The van der Waals surface area contributed by atoms with Crippen LogP contribution < -0.4 is 10.1 Å². The van der Waals surface area contributed by atoms with Gasteiger partial charge in [-0.25, -0.2) is 0 Å². The van der Waals surface area contributed by atoms with Crippen LogP contribution in [0.2, 0.25) is 0 Å². The smallest absolute Gasteiger partial charge is 0.258 e. The summed E-state index contributed by atoms with van der Waals surface area (Å²) in [5.74, 6) is 1.85. The second-order valence-corrected chi connectivity index (χ2v) is 8.23. The summed E-state index contributed by atoms with van der Waals surface area (Å²) in [6.07, 6.45) is 2.05. The average molecular weight is 495 g/mol. The van der Waals surface area contributed by atoms with Crippen LogP contribution in [0.4, 0.5) is 0 Å². The van der Waals surface area contributed by atoms with Gasteiger partial charge in [0.25, 0.3) is 5.89 Å². The SMILES string of the molecule is CC(C)Oc1ccc(-c2nc(-c3cccc4c3CC[C@@H]4NCCO)no2)cc1Br.Cl. The second kappa shape index (κ2) is 9.92. The van der Waals surface area contributed by atoms with Gasteiger partial charge in [-0.05, 0) is 71.9 Å². The number of aromatic nitrogens is 2. The lowest BCUT2D eigenvalue weighted by Crippen LogP contribution is -2.22. The number of nitrogens with one attached hydrogen (secondary N) is 1. The number of hydrogen-bond acceptors (Lipinski definition) is 6. The summed E-state index contributed by atoms with van der Waals surface area (Å²) in [5, 5.41) is 16.7. The van der Waals surface area contributed by atoms with Crippen LogP contribution >= 0.6 is 28.3 Å². The third-order valence-corrected chi connectivity index (χ3v) is 5.60. The summed E-state index contributed by atoms with van der Waals surface area (Å²) in [6, 6.07) is 12.2. The number of hydrogen-bond donors (Lipinski definition) is 2. The standard InChI is InChI=1S/C22H24BrN3O3.ClH/c1-13(2)28-20-9-6-14(12-18(20)23)22-25-21(26-29-22)17-5-3-4-16-15(17)7-8-19(16)24-10-11-27;/h3-6,9,12-13,19,24,27H,7-8,10-11H2,1-2H3;1H/t19-;/m0./s1. The molecule has 0 amide bonds. The minimum absolute atomic E-state index is 0. The van der Waals surface area contributed by atoms with Gasteiger partial charge in [-0.3, -0.25) is 0 Å². The van der Waals surface area contributed by atoms with E-state index in [-0.39, 0.29) is 31.2 Å². The van der Waals surface area contributed by atoms with Gasteiger partial charge in [0, 0.05) is 23.7 Å². The molecule has 2 N–H and O–H groups in total. The zero-order valence-corrected chi connectivity index (χ0v) is 19.3. The molecule has 1 aromatic heterocycles.